The molecule has 3 aliphatic rings. The number of hydrogen-bond donors (Lipinski definition) is 1. The standard InChI is InChI=1S/C16H23N2O4/c17-15(21)16-12(19)10-22-13(16)8-9-18(16)14(20)7-6-11-4-2-1-3-5-11/h7,11,13H,1-6,8-10H2,(H2,17,21). The SMILES string of the molecule is NC(=O)C12C(=O)COC1CCN2C(=O)[CH]CC1CCCCC1. The van der Waals surface area contributed by atoms with Gasteiger partial charge in [-0.1, -0.05) is 32.1 Å². The Morgan fingerprint density at radius 2 is 2.00 bits per heavy atom. The Morgan fingerprint density at radius 3 is 2.68 bits per heavy atom. The maximum absolute atomic E-state index is 12.5. The monoisotopic (exact) mass is 307 g/mol. The average molecular weight is 307 g/mol. The van der Waals surface area contributed by atoms with Gasteiger partial charge in [0.05, 0.1) is 12.5 Å². The highest BCUT2D eigenvalue weighted by molar-refractivity contribution is 6.15. The average Bonchev–Trinajstić information content (AvgIpc) is 3.05. The van der Waals surface area contributed by atoms with Gasteiger partial charge in [0.1, 0.15) is 6.61 Å². The van der Waals surface area contributed by atoms with Gasteiger partial charge < -0.3 is 15.4 Å². The van der Waals surface area contributed by atoms with Crippen LogP contribution in [0.25, 0.3) is 0 Å². The molecule has 2 amide bonds. The van der Waals surface area contributed by atoms with Crippen LogP contribution < -0.4 is 5.73 Å². The van der Waals surface area contributed by atoms with E-state index in [0.29, 0.717) is 25.3 Å². The summed E-state index contributed by atoms with van der Waals surface area (Å²) in [6.45, 7) is 0.208. The van der Waals surface area contributed by atoms with Crippen molar-refractivity contribution in [2.24, 2.45) is 11.7 Å². The summed E-state index contributed by atoms with van der Waals surface area (Å²) in [5.74, 6) is -0.874. The summed E-state index contributed by atoms with van der Waals surface area (Å²) in [6, 6.07) is 0. The number of Topliss-reactive ketones (excluding diaryl/α,β-unsaturated/α-hetero) is 1. The van der Waals surface area contributed by atoms with Crippen molar-refractivity contribution < 1.29 is 19.1 Å². The van der Waals surface area contributed by atoms with Crippen LogP contribution in [0.4, 0.5) is 0 Å². The van der Waals surface area contributed by atoms with E-state index in [2.05, 4.69) is 0 Å². The van der Waals surface area contributed by atoms with Gasteiger partial charge in [0, 0.05) is 6.54 Å². The van der Waals surface area contributed by atoms with Crippen LogP contribution in [0, 0.1) is 12.3 Å². The van der Waals surface area contributed by atoms with E-state index in [1.165, 1.54) is 24.2 Å². The molecule has 2 unspecified atom stereocenters. The first-order valence-corrected chi connectivity index (χ1v) is 8.16. The Hall–Kier alpha value is -1.43. The fourth-order valence-corrected chi connectivity index (χ4v) is 4.14. The molecule has 0 aromatic carbocycles. The lowest BCUT2D eigenvalue weighted by atomic mass is 9.85. The number of likely N-dealkylation sites (tertiary alicyclic amines) is 1. The number of amides is 2. The van der Waals surface area contributed by atoms with Gasteiger partial charge in [0.2, 0.25) is 11.4 Å². The molecule has 6 nitrogen and oxygen atoms in total. The fourth-order valence-electron chi connectivity index (χ4n) is 4.14. The maximum atomic E-state index is 12.5. The third-order valence-corrected chi connectivity index (χ3v) is 5.34. The molecule has 0 aromatic heterocycles. The van der Waals surface area contributed by atoms with Crippen LogP contribution in [0.5, 0.6) is 0 Å². The lowest BCUT2D eigenvalue weighted by molar-refractivity contribution is -0.148. The summed E-state index contributed by atoms with van der Waals surface area (Å²) in [7, 11) is 0. The fraction of sp³-hybridized carbons (Fsp3) is 0.750. The second-order valence-electron chi connectivity index (χ2n) is 6.58. The van der Waals surface area contributed by atoms with Crippen molar-refractivity contribution in [2.75, 3.05) is 13.2 Å². The molecule has 0 aromatic rings. The van der Waals surface area contributed by atoms with Crippen LogP contribution in [-0.4, -0.2) is 47.3 Å². The van der Waals surface area contributed by atoms with Crippen LogP contribution in [0.15, 0.2) is 0 Å². The Bertz CT molecular complexity index is 487. The predicted molar refractivity (Wildman–Crippen MR) is 78.5 cm³/mol. The first-order valence-electron chi connectivity index (χ1n) is 8.16. The van der Waals surface area contributed by atoms with Gasteiger partial charge in [-0.25, -0.2) is 0 Å². The number of ketones is 1. The summed E-state index contributed by atoms with van der Waals surface area (Å²) in [6.07, 6.45) is 8.26. The molecular formula is C16H23N2O4. The number of fused-ring (bicyclic) bond motifs is 1. The summed E-state index contributed by atoms with van der Waals surface area (Å²) in [4.78, 5) is 38.0. The van der Waals surface area contributed by atoms with E-state index in [-0.39, 0.29) is 18.3 Å². The van der Waals surface area contributed by atoms with Crippen LogP contribution >= 0.6 is 0 Å². The van der Waals surface area contributed by atoms with Gasteiger partial charge in [0.15, 0.2) is 5.78 Å². The van der Waals surface area contributed by atoms with Crippen LogP contribution in [0.2, 0.25) is 0 Å². The van der Waals surface area contributed by atoms with Gasteiger partial charge in [-0.05, 0) is 18.8 Å². The third kappa shape index (κ3) is 2.33. The highest BCUT2D eigenvalue weighted by Crippen LogP contribution is 2.38. The van der Waals surface area contributed by atoms with Crippen molar-refractivity contribution in [2.45, 2.75) is 56.6 Å². The normalized spacial score (nSPS) is 32.3. The van der Waals surface area contributed by atoms with Crippen LogP contribution in [-0.2, 0) is 19.1 Å². The molecule has 3 fully saturated rings. The molecular weight excluding hydrogens is 284 g/mol. The number of nitrogens with zero attached hydrogens (tertiary/aromatic N) is 1. The third-order valence-electron chi connectivity index (χ3n) is 5.34. The van der Waals surface area contributed by atoms with E-state index in [4.69, 9.17) is 10.5 Å². The Morgan fingerprint density at radius 1 is 1.27 bits per heavy atom. The van der Waals surface area contributed by atoms with Gasteiger partial charge in [0.25, 0.3) is 5.91 Å². The largest absolute Gasteiger partial charge is 0.367 e. The number of nitrogens with two attached hydrogens (primary N) is 1. The summed E-state index contributed by atoms with van der Waals surface area (Å²) >= 11 is 0. The van der Waals surface area contributed by atoms with E-state index in [0.717, 1.165) is 12.8 Å². The number of primary amides is 1. The first kappa shape index (κ1) is 15.5. The van der Waals surface area contributed by atoms with E-state index in [9.17, 15) is 14.4 Å². The topological polar surface area (TPSA) is 89.7 Å². The zero-order chi connectivity index (χ0) is 15.7. The Balaban J connectivity index is 1.68. The van der Waals surface area contributed by atoms with E-state index in [1.54, 1.807) is 6.42 Å². The summed E-state index contributed by atoms with van der Waals surface area (Å²) < 4.78 is 5.37. The second kappa shape index (κ2) is 5.99. The van der Waals surface area contributed by atoms with Crippen LogP contribution in [0.3, 0.4) is 0 Å². The zero-order valence-corrected chi connectivity index (χ0v) is 12.8. The molecule has 22 heavy (non-hydrogen) atoms. The van der Waals surface area contributed by atoms with Crippen LogP contribution in [0.1, 0.15) is 44.9 Å². The van der Waals surface area contributed by atoms with E-state index >= 15 is 0 Å². The molecule has 2 N–H and O–H groups in total. The van der Waals surface area contributed by atoms with Crippen molar-refractivity contribution in [1.82, 2.24) is 4.90 Å². The molecule has 1 aliphatic carbocycles. The van der Waals surface area contributed by atoms with Crippen molar-refractivity contribution in [3.8, 4) is 0 Å². The molecule has 1 saturated carbocycles. The molecule has 2 atom stereocenters. The van der Waals surface area contributed by atoms with Gasteiger partial charge >= 0.3 is 0 Å². The van der Waals surface area contributed by atoms with E-state index in [1.807, 2.05) is 0 Å². The second-order valence-corrected chi connectivity index (χ2v) is 6.58. The molecule has 121 valence electrons. The molecule has 0 bridgehead atoms. The molecule has 2 aliphatic heterocycles. The quantitative estimate of drug-likeness (QED) is 0.770. The van der Waals surface area contributed by atoms with E-state index < -0.39 is 17.6 Å². The Labute approximate surface area is 130 Å². The van der Waals surface area contributed by atoms with Crippen molar-refractivity contribution >= 4 is 17.6 Å². The van der Waals surface area contributed by atoms with Gasteiger partial charge in [-0.2, -0.15) is 0 Å². The molecule has 6 heteroatoms. The lowest BCUT2D eigenvalue weighted by Gasteiger charge is -2.33. The summed E-state index contributed by atoms with van der Waals surface area (Å²) in [5.41, 5.74) is 3.91. The molecule has 1 radical (unpaired) electrons. The number of carbonyl (C=O) groups is 3. The molecule has 0 spiro atoms. The van der Waals surface area contributed by atoms with Crippen molar-refractivity contribution in [3.05, 3.63) is 6.42 Å². The molecule has 2 saturated heterocycles. The lowest BCUT2D eigenvalue weighted by Crippen LogP contribution is -2.63. The number of rotatable bonds is 4. The summed E-state index contributed by atoms with van der Waals surface area (Å²) in [5, 5.41) is 0. The van der Waals surface area contributed by atoms with Gasteiger partial charge in [-0.15, -0.1) is 0 Å². The minimum Gasteiger partial charge on any atom is -0.367 e. The highest BCUT2D eigenvalue weighted by Gasteiger charge is 2.64. The zero-order valence-electron chi connectivity index (χ0n) is 12.8. The van der Waals surface area contributed by atoms with Gasteiger partial charge in [-0.3, -0.25) is 14.4 Å². The Kier molecular flexibility index (Phi) is 4.21. The number of hydrogen-bond acceptors (Lipinski definition) is 4. The van der Waals surface area contributed by atoms with Crippen molar-refractivity contribution in [1.29, 1.82) is 0 Å². The molecule has 3 rings (SSSR count). The number of carbonyl (C=O) groups excluding carboxylic acids is 3. The maximum Gasteiger partial charge on any atom is 0.254 e. The minimum absolute atomic E-state index is 0.139. The smallest absolute Gasteiger partial charge is 0.254 e. The predicted octanol–water partition coefficient (Wildman–Crippen LogP) is 0.585. The first-order chi connectivity index (χ1) is 10.6. The molecule has 2 heterocycles. The minimum atomic E-state index is -1.57. The highest BCUT2D eigenvalue weighted by atomic mass is 16.5. The number of ether oxygens (including phenoxy) is 1. The van der Waals surface area contributed by atoms with Crippen molar-refractivity contribution in [3.63, 3.8) is 0 Å².